The quantitative estimate of drug-likeness (QED) is 0.530. The smallest absolute Gasteiger partial charge is 0.341 e. The van der Waals surface area contributed by atoms with Gasteiger partial charge in [0.25, 0.3) is 5.69 Å². The SMILES string of the molecule is CCOC(=O)c1cc(-c2ccc([N+](=O)[O-])cc2)sc1N. The van der Waals surface area contributed by atoms with Crippen LogP contribution in [-0.2, 0) is 4.74 Å². The molecule has 0 unspecified atom stereocenters. The lowest BCUT2D eigenvalue weighted by molar-refractivity contribution is -0.384. The second kappa shape index (κ2) is 5.70. The zero-order valence-electron chi connectivity index (χ0n) is 10.7. The molecule has 0 saturated heterocycles. The van der Waals surface area contributed by atoms with Crippen LogP contribution < -0.4 is 5.73 Å². The van der Waals surface area contributed by atoms with Gasteiger partial charge in [-0.25, -0.2) is 4.79 Å². The van der Waals surface area contributed by atoms with E-state index in [0.717, 1.165) is 10.4 Å². The lowest BCUT2D eigenvalue weighted by Crippen LogP contribution is -2.05. The molecule has 2 aromatic rings. The van der Waals surface area contributed by atoms with Crippen molar-refractivity contribution < 1.29 is 14.5 Å². The molecule has 0 radical (unpaired) electrons. The molecular weight excluding hydrogens is 280 g/mol. The van der Waals surface area contributed by atoms with Gasteiger partial charge in [0.05, 0.1) is 17.1 Å². The molecule has 0 aliphatic rings. The van der Waals surface area contributed by atoms with Crippen LogP contribution in [0.1, 0.15) is 17.3 Å². The van der Waals surface area contributed by atoms with Gasteiger partial charge in [-0.05, 0) is 30.7 Å². The van der Waals surface area contributed by atoms with Crippen molar-refractivity contribution in [2.24, 2.45) is 0 Å². The lowest BCUT2D eigenvalue weighted by atomic mass is 10.1. The number of anilines is 1. The van der Waals surface area contributed by atoms with Gasteiger partial charge in [0.15, 0.2) is 0 Å². The largest absolute Gasteiger partial charge is 0.462 e. The first-order valence-electron chi connectivity index (χ1n) is 5.84. The number of rotatable bonds is 4. The number of nitrogens with two attached hydrogens (primary N) is 1. The summed E-state index contributed by atoms with van der Waals surface area (Å²) in [6.07, 6.45) is 0. The molecule has 1 heterocycles. The molecule has 20 heavy (non-hydrogen) atoms. The third kappa shape index (κ3) is 2.77. The van der Waals surface area contributed by atoms with E-state index in [1.807, 2.05) is 0 Å². The average Bonchev–Trinajstić information content (AvgIpc) is 2.81. The molecule has 0 bridgehead atoms. The van der Waals surface area contributed by atoms with Crippen molar-refractivity contribution in [1.29, 1.82) is 0 Å². The molecule has 2 rings (SSSR count). The van der Waals surface area contributed by atoms with Gasteiger partial charge < -0.3 is 10.5 Å². The molecule has 6 nitrogen and oxygen atoms in total. The first-order valence-corrected chi connectivity index (χ1v) is 6.65. The fourth-order valence-electron chi connectivity index (χ4n) is 1.66. The number of thiophene rings is 1. The number of hydrogen-bond donors (Lipinski definition) is 1. The summed E-state index contributed by atoms with van der Waals surface area (Å²) < 4.78 is 4.91. The van der Waals surface area contributed by atoms with E-state index in [4.69, 9.17) is 10.5 Å². The second-order valence-corrected chi connectivity index (χ2v) is 5.00. The first kappa shape index (κ1) is 14.0. The molecule has 0 atom stereocenters. The molecule has 0 fully saturated rings. The van der Waals surface area contributed by atoms with Gasteiger partial charge >= 0.3 is 5.97 Å². The number of carbonyl (C=O) groups is 1. The van der Waals surface area contributed by atoms with Gasteiger partial charge in [0.2, 0.25) is 0 Å². The third-order valence-corrected chi connectivity index (χ3v) is 3.63. The number of nitro groups is 1. The number of esters is 1. The van der Waals surface area contributed by atoms with Gasteiger partial charge in [0.1, 0.15) is 5.00 Å². The number of nitro benzene ring substituents is 1. The minimum atomic E-state index is -0.464. The highest BCUT2D eigenvalue weighted by atomic mass is 32.1. The van der Waals surface area contributed by atoms with Crippen molar-refractivity contribution in [3.63, 3.8) is 0 Å². The zero-order chi connectivity index (χ0) is 14.7. The van der Waals surface area contributed by atoms with Crippen molar-refractivity contribution >= 4 is 28.0 Å². The molecule has 0 aliphatic carbocycles. The summed E-state index contributed by atoms with van der Waals surface area (Å²) in [5.41, 5.74) is 6.91. The Bertz CT molecular complexity index is 649. The first-order chi connectivity index (χ1) is 9.52. The molecular formula is C13H12N2O4S. The summed E-state index contributed by atoms with van der Waals surface area (Å²) in [6.45, 7) is 2.00. The number of benzene rings is 1. The number of carbonyl (C=O) groups excluding carboxylic acids is 1. The predicted molar refractivity (Wildman–Crippen MR) is 76.8 cm³/mol. The van der Waals surface area contributed by atoms with E-state index in [2.05, 4.69) is 0 Å². The number of nitrogens with zero attached hydrogens (tertiary/aromatic N) is 1. The fourth-order valence-corrected chi connectivity index (χ4v) is 2.58. The fraction of sp³-hybridized carbons (Fsp3) is 0.154. The van der Waals surface area contributed by atoms with Crippen molar-refractivity contribution in [3.8, 4) is 10.4 Å². The highest BCUT2D eigenvalue weighted by molar-refractivity contribution is 7.19. The van der Waals surface area contributed by atoms with Crippen molar-refractivity contribution in [3.05, 3.63) is 46.0 Å². The van der Waals surface area contributed by atoms with Crippen LogP contribution in [0.4, 0.5) is 10.7 Å². The van der Waals surface area contributed by atoms with Gasteiger partial charge in [-0.15, -0.1) is 11.3 Å². The maximum atomic E-state index is 11.7. The number of ether oxygens (including phenoxy) is 1. The topological polar surface area (TPSA) is 95.5 Å². The van der Waals surface area contributed by atoms with Crippen LogP contribution in [0, 0.1) is 10.1 Å². The van der Waals surface area contributed by atoms with Crippen LogP contribution >= 0.6 is 11.3 Å². The molecule has 0 saturated carbocycles. The molecule has 0 spiro atoms. The zero-order valence-corrected chi connectivity index (χ0v) is 11.5. The summed E-state index contributed by atoms with van der Waals surface area (Å²) >= 11 is 1.24. The van der Waals surface area contributed by atoms with E-state index in [1.165, 1.54) is 23.5 Å². The maximum absolute atomic E-state index is 11.7. The van der Waals surface area contributed by atoms with Gasteiger partial charge in [-0.3, -0.25) is 10.1 Å². The van der Waals surface area contributed by atoms with E-state index in [0.29, 0.717) is 10.6 Å². The van der Waals surface area contributed by atoms with Crippen LogP contribution in [0.15, 0.2) is 30.3 Å². The summed E-state index contributed by atoms with van der Waals surface area (Å²) in [4.78, 5) is 22.6. The number of nitrogen functional groups attached to an aromatic ring is 1. The van der Waals surface area contributed by atoms with E-state index >= 15 is 0 Å². The Kier molecular flexibility index (Phi) is 3.99. The van der Waals surface area contributed by atoms with Crippen LogP contribution in [0.5, 0.6) is 0 Å². The minimum Gasteiger partial charge on any atom is -0.462 e. The molecule has 2 N–H and O–H groups in total. The second-order valence-electron chi connectivity index (χ2n) is 3.91. The summed E-state index contributed by atoms with van der Waals surface area (Å²) in [5.74, 6) is -0.464. The Morgan fingerprint density at radius 2 is 2.05 bits per heavy atom. The summed E-state index contributed by atoms with van der Waals surface area (Å²) in [7, 11) is 0. The lowest BCUT2D eigenvalue weighted by Gasteiger charge is -1.98. The van der Waals surface area contributed by atoms with Crippen LogP contribution in [0.2, 0.25) is 0 Å². The van der Waals surface area contributed by atoms with Gasteiger partial charge in [-0.1, -0.05) is 0 Å². The molecule has 7 heteroatoms. The number of hydrogen-bond acceptors (Lipinski definition) is 6. The summed E-state index contributed by atoms with van der Waals surface area (Å²) in [6, 6.07) is 7.71. The monoisotopic (exact) mass is 292 g/mol. The van der Waals surface area contributed by atoms with Crippen molar-refractivity contribution in [2.45, 2.75) is 6.92 Å². The van der Waals surface area contributed by atoms with Crippen LogP contribution in [0.3, 0.4) is 0 Å². The van der Waals surface area contributed by atoms with E-state index in [9.17, 15) is 14.9 Å². The van der Waals surface area contributed by atoms with E-state index in [1.54, 1.807) is 25.1 Å². The predicted octanol–water partition coefficient (Wildman–Crippen LogP) is 3.08. The average molecular weight is 292 g/mol. The van der Waals surface area contributed by atoms with Crippen molar-refractivity contribution in [2.75, 3.05) is 12.3 Å². The van der Waals surface area contributed by atoms with E-state index in [-0.39, 0.29) is 12.3 Å². The summed E-state index contributed by atoms with van der Waals surface area (Å²) in [5, 5.41) is 11.0. The molecule has 0 amide bonds. The highest BCUT2D eigenvalue weighted by Gasteiger charge is 2.16. The van der Waals surface area contributed by atoms with E-state index < -0.39 is 10.9 Å². The van der Waals surface area contributed by atoms with Crippen LogP contribution in [-0.4, -0.2) is 17.5 Å². The standard InChI is InChI=1S/C13H12N2O4S/c1-2-19-13(16)10-7-11(20-12(10)14)8-3-5-9(6-4-8)15(17)18/h3-7H,2,14H2,1H3. The molecule has 104 valence electrons. The van der Waals surface area contributed by atoms with Crippen LogP contribution in [0.25, 0.3) is 10.4 Å². The minimum absolute atomic E-state index is 0.0175. The Hall–Kier alpha value is -2.41. The molecule has 1 aromatic carbocycles. The molecule has 0 aliphatic heterocycles. The number of non-ortho nitro benzene ring substituents is 1. The van der Waals surface area contributed by atoms with Gasteiger partial charge in [-0.2, -0.15) is 0 Å². The Morgan fingerprint density at radius 3 is 2.60 bits per heavy atom. The maximum Gasteiger partial charge on any atom is 0.341 e. The Labute approximate surface area is 118 Å². The van der Waals surface area contributed by atoms with Gasteiger partial charge in [0, 0.05) is 17.0 Å². The Morgan fingerprint density at radius 1 is 1.40 bits per heavy atom. The highest BCUT2D eigenvalue weighted by Crippen LogP contribution is 2.34. The molecule has 1 aromatic heterocycles. The third-order valence-electron chi connectivity index (χ3n) is 2.62. The Balaban J connectivity index is 2.32. The van der Waals surface area contributed by atoms with Crippen molar-refractivity contribution in [1.82, 2.24) is 0 Å². The normalized spacial score (nSPS) is 10.2.